The molecule has 0 saturated heterocycles. The maximum absolute atomic E-state index is 10.7. The number of carboxylic acids is 2. The van der Waals surface area contributed by atoms with Crippen LogP contribution in [0, 0.1) is 13.8 Å². The number of aromatic carboxylic acids is 2. The minimum Gasteiger partial charge on any atom is -0.872 e. The molecule has 9 N–H and O–H groups in total. The number of benzene rings is 4. The minimum absolute atomic E-state index is 0. The Morgan fingerprint density at radius 2 is 0.844 bits per heavy atom. The third-order valence-electron chi connectivity index (χ3n) is 8.70. The summed E-state index contributed by atoms with van der Waals surface area (Å²) in [4.78, 5) is 29.2. The quantitative estimate of drug-likeness (QED) is 0.154. The number of carbonyl (C=O) groups is 2. The molecule has 337 valence electrons. The van der Waals surface area contributed by atoms with E-state index in [-0.39, 0.29) is 44.6 Å². The van der Waals surface area contributed by atoms with Crippen molar-refractivity contribution >= 4 is 11.9 Å². The fourth-order valence-corrected chi connectivity index (χ4v) is 5.63. The Labute approximate surface area is 379 Å². The van der Waals surface area contributed by atoms with Crippen LogP contribution < -0.4 is 10.2 Å². The molecular formula is C46H49CuN8O9+. The number of carboxylic acid groups (broad SMARTS) is 2. The van der Waals surface area contributed by atoms with Crippen LogP contribution in [0.15, 0.2) is 146 Å². The molecule has 4 aromatic heterocycles. The smallest absolute Gasteiger partial charge is 0.872 e. The molecule has 8 aromatic rings. The zero-order valence-corrected chi connectivity index (χ0v) is 36.2. The largest absolute Gasteiger partial charge is 2.00 e. The summed E-state index contributed by atoms with van der Waals surface area (Å²) in [5, 5.41) is 55.3. The summed E-state index contributed by atoms with van der Waals surface area (Å²) < 4.78 is 4.14. The number of aromatic nitrogens is 8. The molecule has 0 unspecified atom stereocenters. The fraction of sp³-hybridized carbons (Fsp3) is 0.130. The van der Waals surface area contributed by atoms with Gasteiger partial charge in [0.1, 0.15) is 23.0 Å². The predicted molar refractivity (Wildman–Crippen MR) is 235 cm³/mol. The summed E-state index contributed by atoms with van der Waals surface area (Å²) >= 11 is 0. The van der Waals surface area contributed by atoms with E-state index in [4.69, 9.17) is 10.2 Å². The molecule has 0 saturated carbocycles. The molecule has 0 fully saturated rings. The Bertz CT molecular complexity index is 2450. The van der Waals surface area contributed by atoms with Crippen LogP contribution in [0.4, 0.5) is 0 Å². The third kappa shape index (κ3) is 14.2. The number of nitrogens with zero attached hydrogens (tertiary/aromatic N) is 8. The second-order valence-corrected chi connectivity index (χ2v) is 13.0. The third-order valence-corrected chi connectivity index (χ3v) is 8.70. The average Bonchev–Trinajstić information content (AvgIpc) is 3.91. The van der Waals surface area contributed by atoms with Crippen molar-refractivity contribution in [1.29, 1.82) is 0 Å². The summed E-state index contributed by atoms with van der Waals surface area (Å²) in [5.74, 6) is 0.197. The van der Waals surface area contributed by atoms with Crippen LogP contribution in [-0.2, 0) is 35.4 Å². The topological polar surface area (TPSA) is 304 Å². The van der Waals surface area contributed by atoms with Crippen LogP contribution in [0.25, 0.3) is 34.4 Å². The van der Waals surface area contributed by atoms with Crippen molar-refractivity contribution in [2.24, 2.45) is 0 Å². The van der Waals surface area contributed by atoms with Gasteiger partial charge in [-0.15, -0.1) is 20.4 Å². The second kappa shape index (κ2) is 26.7. The normalized spacial score (nSPS) is 9.56. The van der Waals surface area contributed by atoms with E-state index in [1.807, 2.05) is 36.4 Å². The van der Waals surface area contributed by atoms with Gasteiger partial charge in [0.05, 0.1) is 11.1 Å². The van der Waals surface area contributed by atoms with Gasteiger partial charge in [-0.05, 0) is 74.5 Å². The van der Waals surface area contributed by atoms with Gasteiger partial charge in [0.25, 0.3) is 0 Å². The van der Waals surface area contributed by atoms with E-state index < -0.39 is 23.4 Å². The van der Waals surface area contributed by atoms with Gasteiger partial charge in [0.2, 0.25) is 0 Å². The summed E-state index contributed by atoms with van der Waals surface area (Å²) in [5.41, 5.74) is 5.92. The van der Waals surface area contributed by atoms with Crippen molar-refractivity contribution in [3.05, 3.63) is 180 Å². The molecule has 0 aliphatic rings. The number of hydrogen-bond acceptors (Lipinski definition) is 10. The summed E-state index contributed by atoms with van der Waals surface area (Å²) in [6.07, 6.45) is 5.20. The molecule has 0 atom stereocenters. The van der Waals surface area contributed by atoms with Crippen molar-refractivity contribution in [1.82, 2.24) is 39.5 Å². The van der Waals surface area contributed by atoms with Crippen LogP contribution >= 0.6 is 0 Å². The van der Waals surface area contributed by atoms with E-state index in [0.717, 1.165) is 58.9 Å². The number of hydrogen-bond donors (Lipinski definition) is 2. The standard InChI is InChI=1S/2C16H16N4.2C7H6O3.Cu.3H2O/c2*1-3-15-18-19-16(14-6-4-5-11-17-14)20(15)13-9-7-12(2)8-10-13;2*8-6-4-2-1-3-5(6)7(9)10;;;;/h2*4-11H,3H2,1-2H3;2*1-4,8H,(H,9,10);;3*1H2/q;;;;+2;;;/p-1. The summed E-state index contributed by atoms with van der Waals surface area (Å²) in [7, 11) is 0. The first-order valence-corrected chi connectivity index (χ1v) is 18.9. The Morgan fingerprint density at radius 3 is 1.11 bits per heavy atom. The predicted octanol–water partition coefficient (Wildman–Crippen LogP) is 4.74. The SMILES string of the molecule is CCc1nnc(-c2ccccn2)n1-c1ccc(C)cc1.CCc1nnc(-c2ccccn2)n1-c1ccc(C)cc1.O.O.O=C(O)c1ccccc1[O-].O=C(O)c1ccccc1[O-].[Cu+2].[OH3+]. The molecule has 64 heavy (non-hydrogen) atoms. The zero-order valence-electron chi connectivity index (χ0n) is 35.3. The first kappa shape index (κ1) is 54.4. The van der Waals surface area contributed by atoms with Crippen molar-refractivity contribution in [2.75, 3.05) is 0 Å². The van der Waals surface area contributed by atoms with E-state index in [2.05, 4.69) is 116 Å². The second-order valence-electron chi connectivity index (χ2n) is 13.0. The van der Waals surface area contributed by atoms with E-state index in [1.54, 1.807) is 12.4 Å². The molecule has 0 bridgehead atoms. The van der Waals surface area contributed by atoms with E-state index in [9.17, 15) is 19.8 Å². The monoisotopic (exact) mass is 920 g/mol. The molecule has 4 aromatic carbocycles. The maximum Gasteiger partial charge on any atom is 2.00 e. The Morgan fingerprint density at radius 1 is 0.516 bits per heavy atom. The van der Waals surface area contributed by atoms with Crippen LogP contribution in [0.2, 0.25) is 0 Å². The van der Waals surface area contributed by atoms with E-state index in [1.165, 1.54) is 59.7 Å². The van der Waals surface area contributed by atoms with Crippen LogP contribution in [0.3, 0.4) is 0 Å². The van der Waals surface area contributed by atoms with Crippen molar-refractivity contribution in [3.63, 3.8) is 0 Å². The first-order chi connectivity index (χ1) is 29.0. The Kier molecular flexibility index (Phi) is 22.7. The molecule has 1 radical (unpaired) electrons. The van der Waals surface area contributed by atoms with E-state index in [0.29, 0.717) is 0 Å². The first-order valence-electron chi connectivity index (χ1n) is 18.9. The number of pyridine rings is 2. The number of para-hydroxylation sites is 2. The van der Waals surface area contributed by atoms with Gasteiger partial charge in [-0.3, -0.25) is 19.1 Å². The van der Waals surface area contributed by atoms with Gasteiger partial charge >= 0.3 is 29.0 Å². The molecule has 4 heterocycles. The van der Waals surface area contributed by atoms with Crippen molar-refractivity contribution in [2.45, 2.75) is 40.5 Å². The van der Waals surface area contributed by atoms with Crippen molar-refractivity contribution < 1.29 is 63.5 Å². The summed E-state index contributed by atoms with van der Waals surface area (Å²) in [6, 6.07) is 39.4. The van der Waals surface area contributed by atoms with Gasteiger partial charge in [0, 0.05) is 36.6 Å². The molecule has 17 nitrogen and oxygen atoms in total. The van der Waals surface area contributed by atoms with Gasteiger partial charge in [-0.25, -0.2) is 9.59 Å². The summed E-state index contributed by atoms with van der Waals surface area (Å²) in [6.45, 7) is 8.32. The zero-order chi connectivity index (χ0) is 43.0. The molecular weight excluding hydrogens is 872 g/mol. The maximum atomic E-state index is 10.7. The molecule has 18 heteroatoms. The van der Waals surface area contributed by atoms with Crippen LogP contribution in [-0.4, -0.2) is 72.6 Å². The Hall–Kier alpha value is -7.60. The molecule has 0 spiro atoms. The van der Waals surface area contributed by atoms with Crippen LogP contribution in [0.1, 0.15) is 57.3 Å². The molecule has 0 aliphatic carbocycles. The molecule has 8 rings (SSSR count). The molecule has 0 amide bonds. The van der Waals surface area contributed by atoms with Crippen LogP contribution in [0.5, 0.6) is 11.5 Å². The number of rotatable bonds is 8. The Balaban J connectivity index is 0.000000439. The minimum atomic E-state index is -1.18. The molecule has 0 aliphatic heterocycles. The van der Waals surface area contributed by atoms with Crippen molar-refractivity contribution in [3.8, 4) is 45.9 Å². The van der Waals surface area contributed by atoms with Gasteiger partial charge in [0.15, 0.2) is 11.6 Å². The fourth-order valence-electron chi connectivity index (χ4n) is 5.63. The average molecular weight is 921 g/mol. The van der Waals surface area contributed by atoms with Gasteiger partial charge in [-0.2, -0.15) is 0 Å². The van der Waals surface area contributed by atoms with E-state index >= 15 is 0 Å². The number of aryl methyl sites for hydroxylation is 4. The van der Waals surface area contributed by atoms with Gasteiger partial charge < -0.3 is 36.9 Å². The van der Waals surface area contributed by atoms with Gasteiger partial charge in [-0.1, -0.05) is 109 Å².